The van der Waals surface area contributed by atoms with E-state index in [0.29, 0.717) is 0 Å². The van der Waals surface area contributed by atoms with E-state index in [1.54, 1.807) is 36.7 Å². The Morgan fingerprint density at radius 2 is 2.06 bits per heavy atom. The van der Waals surface area contributed by atoms with Crippen molar-refractivity contribution < 1.29 is 9.13 Å². The summed E-state index contributed by atoms with van der Waals surface area (Å²) in [6.07, 6.45) is 3.35. The lowest BCUT2D eigenvalue weighted by Crippen LogP contribution is -2.19. The fraction of sp³-hybridized carbons (Fsp3) is 0.154. The third-order valence-corrected chi connectivity index (χ3v) is 2.37. The minimum absolute atomic E-state index is 0.215. The van der Waals surface area contributed by atoms with Gasteiger partial charge in [-0.25, -0.2) is 4.39 Å². The molecule has 88 valence electrons. The molecule has 1 heterocycles. The molecule has 17 heavy (non-hydrogen) atoms. The number of ether oxygens (including phenoxy) is 1. The molecule has 2 N–H and O–H groups in total. The zero-order valence-corrected chi connectivity index (χ0v) is 9.21. The number of nitrogens with two attached hydrogens (primary N) is 1. The van der Waals surface area contributed by atoms with E-state index in [-0.39, 0.29) is 24.2 Å². The zero-order chi connectivity index (χ0) is 12.1. The van der Waals surface area contributed by atoms with Gasteiger partial charge in [-0.05, 0) is 23.8 Å². The SMILES string of the molecule is NC(COc1ccccc1F)c1cccnc1. The lowest BCUT2D eigenvalue weighted by Gasteiger charge is -2.13. The van der Waals surface area contributed by atoms with Crippen LogP contribution in [0.5, 0.6) is 5.75 Å². The van der Waals surface area contributed by atoms with Crippen LogP contribution < -0.4 is 10.5 Å². The highest BCUT2D eigenvalue weighted by Crippen LogP contribution is 2.17. The average molecular weight is 232 g/mol. The van der Waals surface area contributed by atoms with Gasteiger partial charge >= 0.3 is 0 Å². The first-order chi connectivity index (χ1) is 8.27. The predicted molar refractivity (Wildman–Crippen MR) is 63.1 cm³/mol. The minimum atomic E-state index is -0.383. The highest BCUT2D eigenvalue weighted by atomic mass is 19.1. The molecular weight excluding hydrogens is 219 g/mol. The van der Waals surface area contributed by atoms with Crippen molar-refractivity contribution in [1.82, 2.24) is 4.98 Å². The van der Waals surface area contributed by atoms with Crippen LogP contribution in [0.15, 0.2) is 48.8 Å². The van der Waals surface area contributed by atoms with Gasteiger partial charge in [0.1, 0.15) is 6.61 Å². The second-order valence-corrected chi connectivity index (χ2v) is 3.63. The van der Waals surface area contributed by atoms with Gasteiger partial charge in [-0.15, -0.1) is 0 Å². The monoisotopic (exact) mass is 232 g/mol. The fourth-order valence-electron chi connectivity index (χ4n) is 1.43. The average Bonchev–Trinajstić information content (AvgIpc) is 2.38. The number of hydrogen-bond acceptors (Lipinski definition) is 3. The van der Waals surface area contributed by atoms with Crippen molar-refractivity contribution in [2.45, 2.75) is 6.04 Å². The first kappa shape index (κ1) is 11.5. The summed E-state index contributed by atoms with van der Waals surface area (Å²) in [7, 11) is 0. The standard InChI is InChI=1S/C13H13FN2O/c14-11-5-1-2-6-13(11)17-9-12(15)10-4-3-7-16-8-10/h1-8,12H,9,15H2. The Labute approximate surface area is 99.1 Å². The molecule has 0 aliphatic carbocycles. The molecule has 0 amide bonds. The van der Waals surface area contributed by atoms with Crippen LogP contribution in [0.4, 0.5) is 4.39 Å². The molecule has 0 bridgehead atoms. The summed E-state index contributed by atoms with van der Waals surface area (Å²) >= 11 is 0. The van der Waals surface area contributed by atoms with E-state index >= 15 is 0 Å². The van der Waals surface area contributed by atoms with Gasteiger partial charge in [0, 0.05) is 12.4 Å². The van der Waals surface area contributed by atoms with Gasteiger partial charge in [-0.2, -0.15) is 0 Å². The maximum Gasteiger partial charge on any atom is 0.165 e. The molecule has 1 unspecified atom stereocenters. The van der Waals surface area contributed by atoms with Crippen LogP contribution in [0, 0.1) is 5.82 Å². The number of halogens is 1. The lowest BCUT2D eigenvalue weighted by molar-refractivity contribution is 0.277. The van der Waals surface area contributed by atoms with E-state index in [4.69, 9.17) is 10.5 Å². The molecule has 0 saturated carbocycles. The normalized spacial score (nSPS) is 12.1. The number of hydrogen-bond donors (Lipinski definition) is 1. The van der Waals surface area contributed by atoms with Gasteiger partial charge in [-0.3, -0.25) is 4.98 Å². The van der Waals surface area contributed by atoms with Crippen LogP contribution >= 0.6 is 0 Å². The van der Waals surface area contributed by atoms with Crippen molar-refractivity contribution in [3.05, 3.63) is 60.2 Å². The van der Waals surface area contributed by atoms with E-state index in [0.717, 1.165) is 5.56 Å². The summed E-state index contributed by atoms with van der Waals surface area (Å²) in [5.41, 5.74) is 6.77. The second kappa shape index (κ2) is 5.41. The number of para-hydroxylation sites is 1. The first-order valence-electron chi connectivity index (χ1n) is 5.30. The van der Waals surface area contributed by atoms with E-state index in [1.165, 1.54) is 6.07 Å². The maximum atomic E-state index is 13.3. The molecule has 0 spiro atoms. The predicted octanol–water partition coefficient (Wildman–Crippen LogP) is 2.30. The summed E-state index contributed by atoms with van der Waals surface area (Å²) in [4.78, 5) is 3.97. The first-order valence-corrected chi connectivity index (χ1v) is 5.30. The van der Waals surface area contributed by atoms with Crippen molar-refractivity contribution in [2.75, 3.05) is 6.61 Å². The molecule has 3 nitrogen and oxygen atoms in total. The Balaban J connectivity index is 1.97. The topological polar surface area (TPSA) is 48.1 Å². The molecule has 0 aliphatic heterocycles. The summed E-state index contributed by atoms with van der Waals surface area (Å²) in [6.45, 7) is 0.215. The van der Waals surface area contributed by atoms with Gasteiger partial charge in [-0.1, -0.05) is 18.2 Å². The van der Waals surface area contributed by atoms with E-state index < -0.39 is 0 Å². The number of pyridine rings is 1. The van der Waals surface area contributed by atoms with Gasteiger partial charge in [0.2, 0.25) is 0 Å². The molecular formula is C13H13FN2O. The lowest BCUT2D eigenvalue weighted by atomic mass is 10.1. The second-order valence-electron chi connectivity index (χ2n) is 3.63. The summed E-state index contributed by atoms with van der Waals surface area (Å²) < 4.78 is 18.6. The number of benzene rings is 1. The van der Waals surface area contributed by atoms with Crippen LogP contribution in [-0.4, -0.2) is 11.6 Å². The molecule has 2 rings (SSSR count). The number of rotatable bonds is 4. The number of nitrogens with zero attached hydrogens (tertiary/aromatic N) is 1. The van der Waals surface area contributed by atoms with Crippen LogP contribution in [-0.2, 0) is 0 Å². The highest BCUT2D eigenvalue weighted by molar-refractivity contribution is 5.24. The van der Waals surface area contributed by atoms with E-state index in [2.05, 4.69) is 4.98 Å². The Morgan fingerprint density at radius 3 is 2.76 bits per heavy atom. The van der Waals surface area contributed by atoms with Crippen LogP contribution in [0.3, 0.4) is 0 Å². The summed E-state index contributed by atoms with van der Waals surface area (Å²) in [5.74, 6) is -0.169. The Bertz CT molecular complexity index is 476. The third-order valence-electron chi connectivity index (χ3n) is 2.37. The molecule has 4 heteroatoms. The van der Waals surface area contributed by atoms with Crippen molar-refractivity contribution in [2.24, 2.45) is 5.73 Å². The molecule has 0 radical (unpaired) electrons. The van der Waals surface area contributed by atoms with Crippen molar-refractivity contribution >= 4 is 0 Å². The summed E-state index contributed by atoms with van der Waals surface area (Å²) in [5, 5.41) is 0. The van der Waals surface area contributed by atoms with E-state index in [1.807, 2.05) is 6.07 Å². The smallest absolute Gasteiger partial charge is 0.165 e. The van der Waals surface area contributed by atoms with Crippen LogP contribution in [0.25, 0.3) is 0 Å². The molecule has 0 fully saturated rings. The third kappa shape index (κ3) is 3.01. The minimum Gasteiger partial charge on any atom is -0.489 e. The molecule has 0 saturated heterocycles. The molecule has 1 atom stereocenters. The highest BCUT2D eigenvalue weighted by Gasteiger charge is 2.08. The maximum absolute atomic E-state index is 13.3. The molecule has 1 aromatic carbocycles. The van der Waals surface area contributed by atoms with Crippen molar-refractivity contribution in [3.63, 3.8) is 0 Å². The molecule has 2 aromatic rings. The van der Waals surface area contributed by atoms with Crippen LogP contribution in [0.2, 0.25) is 0 Å². The Morgan fingerprint density at radius 1 is 1.24 bits per heavy atom. The van der Waals surface area contributed by atoms with Gasteiger partial charge in [0.25, 0.3) is 0 Å². The van der Waals surface area contributed by atoms with E-state index in [9.17, 15) is 4.39 Å². The van der Waals surface area contributed by atoms with Gasteiger partial charge in [0.15, 0.2) is 11.6 Å². The zero-order valence-electron chi connectivity index (χ0n) is 9.21. The van der Waals surface area contributed by atoms with Gasteiger partial charge < -0.3 is 10.5 Å². The fourth-order valence-corrected chi connectivity index (χ4v) is 1.43. The number of aromatic nitrogens is 1. The van der Waals surface area contributed by atoms with Gasteiger partial charge in [0.05, 0.1) is 6.04 Å². The van der Waals surface area contributed by atoms with Crippen LogP contribution in [0.1, 0.15) is 11.6 Å². The Kier molecular flexibility index (Phi) is 3.67. The van der Waals surface area contributed by atoms with Crippen molar-refractivity contribution in [1.29, 1.82) is 0 Å². The quantitative estimate of drug-likeness (QED) is 0.879. The Hall–Kier alpha value is -1.94. The molecule has 1 aromatic heterocycles. The largest absolute Gasteiger partial charge is 0.489 e. The van der Waals surface area contributed by atoms with Crippen molar-refractivity contribution in [3.8, 4) is 5.75 Å². The summed E-state index contributed by atoms with van der Waals surface area (Å²) in [6, 6.07) is 9.61. The molecule has 0 aliphatic rings.